The Bertz CT molecular complexity index is 971. The molecule has 162 valence electrons. The summed E-state index contributed by atoms with van der Waals surface area (Å²) in [5.41, 5.74) is 1.46. The maximum atomic E-state index is 12.9. The van der Waals surface area contributed by atoms with Crippen molar-refractivity contribution in [3.63, 3.8) is 0 Å². The fourth-order valence-corrected chi connectivity index (χ4v) is 5.61. The Morgan fingerprint density at radius 3 is 2.47 bits per heavy atom. The number of likely N-dealkylation sites (tertiary alicyclic amines) is 1. The van der Waals surface area contributed by atoms with Crippen LogP contribution in [-0.2, 0) is 24.4 Å². The average Bonchev–Trinajstić information content (AvgIpc) is 3.18. The molecule has 1 N–H and O–H groups in total. The largest absolute Gasteiger partial charge is 0.333 e. The molecule has 0 bridgehead atoms. The summed E-state index contributed by atoms with van der Waals surface area (Å²) in [5.74, 6) is -1.29. The number of anilines is 1. The van der Waals surface area contributed by atoms with Crippen LogP contribution in [0.2, 0.25) is 0 Å². The van der Waals surface area contributed by atoms with Gasteiger partial charge in [0.15, 0.2) is 0 Å². The van der Waals surface area contributed by atoms with E-state index in [1.807, 2.05) is 6.92 Å². The third-order valence-corrected chi connectivity index (χ3v) is 6.72. The summed E-state index contributed by atoms with van der Waals surface area (Å²) in [6, 6.07) is 6.14. The average molecular weight is 434 g/mol. The molecule has 2 saturated heterocycles. The van der Waals surface area contributed by atoms with E-state index < -0.39 is 33.9 Å². The van der Waals surface area contributed by atoms with Crippen molar-refractivity contribution in [3.05, 3.63) is 35.9 Å². The topological polar surface area (TPSA) is 104 Å². The van der Waals surface area contributed by atoms with E-state index in [1.54, 1.807) is 35.2 Å². The van der Waals surface area contributed by atoms with E-state index in [-0.39, 0.29) is 11.8 Å². The molecule has 3 atom stereocenters. The minimum absolute atomic E-state index is 0.159. The molecule has 2 aliphatic heterocycles. The van der Waals surface area contributed by atoms with Crippen LogP contribution in [0.4, 0.5) is 5.69 Å². The van der Waals surface area contributed by atoms with Crippen LogP contribution >= 0.6 is 0 Å². The standard InChI is InChI=1S/C21H27N3O5S/c1-4-5-17-20-18(24(21(17)27)30(3,28)29)12-13-23(20)19(26)11-8-15-6-9-16(10-7-15)22-14(2)25/h6-11,17-18,20H,4-5,12-13H2,1-3H3,(H,22,25)/b11-8+/t17-,18+,20-/m1/s1. The van der Waals surface area contributed by atoms with Crippen molar-refractivity contribution in [1.82, 2.24) is 9.21 Å². The lowest BCUT2D eigenvalue weighted by Crippen LogP contribution is -2.42. The Balaban J connectivity index is 1.77. The first-order chi connectivity index (χ1) is 14.1. The Hall–Kier alpha value is -2.68. The van der Waals surface area contributed by atoms with Crippen LogP contribution in [0.3, 0.4) is 0 Å². The molecule has 1 aromatic rings. The maximum Gasteiger partial charge on any atom is 0.246 e. The van der Waals surface area contributed by atoms with Gasteiger partial charge in [0, 0.05) is 25.2 Å². The number of rotatable bonds is 6. The summed E-state index contributed by atoms with van der Waals surface area (Å²) in [4.78, 5) is 38.4. The second kappa shape index (κ2) is 8.59. The Kier molecular flexibility index (Phi) is 6.30. The lowest BCUT2D eigenvalue weighted by molar-refractivity contribution is -0.130. The van der Waals surface area contributed by atoms with Crippen LogP contribution in [0.15, 0.2) is 30.3 Å². The van der Waals surface area contributed by atoms with Crippen molar-refractivity contribution in [2.24, 2.45) is 5.92 Å². The summed E-state index contributed by atoms with van der Waals surface area (Å²) in [6.45, 7) is 3.79. The van der Waals surface area contributed by atoms with Crippen molar-refractivity contribution in [3.8, 4) is 0 Å². The summed E-state index contributed by atoms with van der Waals surface area (Å²) >= 11 is 0. The van der Waals surface area contributed by atoms with Gasteiger partial charge in [0.05, 0.1) is 24.3 Å². The number of hydrogen-bond acceptors (Lipinski definition) is 5. The Labute approximate surface area is 177 Å². The highest BCUT2D eigenvalue weighted by molar-refractivity contribution is 7.88. The second-order valence-electron chi connectivity index (χ2n) is 7.81. The maximum absolute atomic E-state index is 12.9. The van der Waals surface area contributed by atoms with Gasteiger partial charge in [-0.1, -0.05) is 25.5 Å². The lowest BCUT2D eigenvalue weighted by atomic mass is 9.94. The zero-order valence-corrected chi connectivity index (χ0v) is 18.2. The van der Waals surface area contributed by atoms with Gasteiger partial charge in [0.2, 0.25) is 27.7 Å². The molecule has 3 amide bonds. The van der Waals surface area contributed by atoms with Gasteiger partial charge in [-0.25, -0.2) is 12.7 Å². The van der Waals surface area contributed by atoms with Crippen molar-refractivity contribution in [2.75, 3.05) is 18.1 Å². The van der Waals surface area contributed by atoms with Crippen molar-refractivity contribution in [1.29, 1.82) is 0 Å². The van der Waals surface area contributed by atoms with E-state index in [4.69, 9.17) is 0 Å². The van der Waals surface area contributed by atoms with Crippen molar-refractivity contribution in [2.45, 2.75) is 45.2 Å². The Morgan fingerprint density at radius 1 is 1.23 bits per heavy atom. The van der Waals surface area contributed by atoms with E-state index in [1.165, 1.54) is 13.0 Å². The van der Waals surface area contributed by atoms with Gasteiger partial charge < -0.3 is 10.2 Å². The van der Waals surface area contributed by atoms with Crippen molar-refractivity contribution < 1.29 is 22.8 Å². The van der Waals surface area contributed by atoms with E-state index in [0.29, 0.717) is 25.1 Å². The molecular formula is C21H27N3O5S. The van der Waals surface area contributed by atoms with Crippen LogP contribution in [0, 0.1) is 5.92 Å². The first-order valence-electron chi connectivity index (χ1n) is 10.0. The predicted molar refractivity (Wildman–Crippen MR) is 114 cm³/mol. The third kappa shape index (κ3) is 4.40. The quantitative estimate of drug-likeness (QED) is 0.690. The summed E-state index contributed by atoms with van der Waals surface area (Å²) in [5, 5.41) is 2.68. The number of fused-ring (bicyclic) bond motifs is 1. The van der Waals surface area contributed by atoms with Crippen LogP contribution in [0.1, 0.15) is 38.7 Å². The summed E-state index contributed by atoms with van der Waals surface area (Å²) < 4.78 is 25.4. The summed E-state index contributed by atoms with van der Waals surface area (Å²) in [7, 11) is -3.68. The minimum atomic E-state index is -3.68. The van der Waals surface area contributed by atoms with Crippen LogP contribution in [-0.4, -0.2) is 60.2 Å². The molecular weight excluding hydrogens is 406 g/mol. The number of nitrogens with one attached hydrogen (secondary N) is 1. The van der Waals surface area contributed by atoms with Crippen LogP contribution < -0.4 is 5.32 Å². The molecule has 8 nitrogen and oxygen atoms in total. The number of sulfonamides is 1. The molecule has 0 radical (unpaired) electrons. The van der Waals surface area contributed by atoms with E-state index in [9.17, 15) is 22.8 Å². The van der Waals surface area contributed by atoms with Gasteiger partial charge in [-0.3, -0.25) is 14.4 Å². The van der Waals surface area contributed by atoms with Gasteiger partial charge in [-0.05, 0) is 36.6 Å². The molecule has 2 aliphatic rings. The SMILES string of the molecule is CCC[C@H]1C(=O)N(S(C)(=O)=O)[C@H]2CCN(C(=O)/C=C/c3ccc(NC(C)=O)cc3)[C@H]12. The molecule has 1 aromatic carbocycles. The molecule has 0 spiro atoms. The molecule has 2 fully saturated rings. The number of carbonyl (C=O) groups is 3. The monoisotopic (exact) mass is 433 g/mol. The fourth-order valence-electron chi connectivity index (χ4n) is 4.43. The normalized spacial score (nSPS) is 23.8. The fraction of sp³-hybridized carbons (Fsp3) is 0.476. The van der Waals surface area contributed by atoms with Gasteiger partial charge in [0.25, 0.3) is 0 Å². The van der Waals surface area contributed by atoms with Crippen LogP contribution in [0.25, 0.3) is 6.08 Å². The number of benzene rings is 1. The predicted octanol–water partition coefficient (Wildman–Crippen LogP) is 1.85. The van der Waals surface area contributed by atoms with Crippen molar-refractivity contribution >= 4 is 39.5 Å². The highest BCUT2D eigenvalue weighted by atomic mass is 32.2. The van der Waals surface area contributed by atoms with Gasteiger partial charge in [0.1, 0.15) is 0 Å². The zero-order valence-electron chi connectivity index (χ0n) is 17.4. The molecule has 30 heavy (non-hydrogen) atoms. The summed E-state index contributed by atoms with van der Waals surface area (Å²) in [6.07, 6.45) is 5.90. The lowest BCUT2D eigenvalue weighted by Gasteiger charge is -2.26. The molecule has 3 rings (SSSR count). The number of carbonyl (C=O) groups excluding carboxylic acids is 3. The van der Waals surface area contributed by atoms with Crippen LogP contribution in [0.5, 0.6) is 0 Å². The first-order valence-corrected chi connectivity index (χ1v) is 11.9. The van der Waals surface area contributed by atoms with Gasteiger partial charge in [-0.2, -0.15) is 0 Å². The smallest absolute Gasteiger partial charge is 0.246 e. The van der Waals surface area contributed by atoms with E-state index in [2.05, 4.69) is 5.32 Å². The van der Waals surface area contributed by atoms with Gasteiger partial charge in [-0.15, -0.1) is 0 Å². The molecule has 0 aromatic heterocycles. The number of hydrogen-bond donors (Lipinski definition) is 1. The number of nitrogens with zero attached hydrogens (tertiary/aromatic N) is 2. The minimum Gasteiger partial charge on any atom is -0.333 e. The molecule has 0 unspecified atom stereocenters. The highest BCUT2D eigenvalue weighted by Crippen LogP contribution is 2.40. The van der Waals surface area contributed by atoms with E-state index in [0.717, 1.165) is 22.5 Å². The Morgan fingerprint density at radius 2 is 1.90 bits per heavy atom. The van der Waals surface area contributed by atoms with Gasteiger partial charge >= 0.3 is 0 Å². The van der Waals surface area contributed by atoms with E-state index >= 15 is 0 Å². The molecule has 0 saturated carbocycles. The number of amides is 3. The third-order valence-electron chi connectivity index (χ3n) is 5.56. The molecule has 9 heteroatoms. The highest BCUT2D eigenvalue weighted by Gasteiger charge is 2.56. The molecule has 2 heterocycles. The second-order valence-corrected chi connectivity index (χ2v) is 9.67. The first kappa shape index (κ1) is 22.0. The zero-order chi connectivity index (χ0) is 22.1. The molecule has 0 aliphatic carbocycles.